The minimum Gasteiger partial charge on any atom is -0.454 e. The van der Waals surface area contributed by atoms with Crippen LogP contribution in [0, 0.1) is 11.8 Å². The minimum atomic E-state index is -1.39. The van der Waals surface area contributed by atoms with E-state index in [0.29, 0.717) is 33.5 Å². The summed E-state index contributed by atoms with van der Waals surface area (Å²) < 4.78 is 5.21. The Labute approximate surface area is 309 Å². The Bertz CT molecular complexity index is 2140. The number of nitrogens with one attached hydrogen (secondary N) is 1. The van der Waals surface area contributed by atoms with Crippen molar-refractivity contribution in [3.8, 4) is 0 Å². The number of alkyl halides is 2. The van der Waals surface area contributed by atoms with Gasteiger partial charge in [0.2, 0.25) is 17.7 Å². The molecule has 4 aliphatic rings. The molecule has 52 heavy (non-hydrogen) atoms. The topological polar surface area (TPSA) is 110 Å². The molecule has 0 radical (unpaired) electrons. The van der Waals surface area contributed by atoms with Crippen LogP contribution in [0.1, 0.15) is 48.5 Å². The first-order chi connectivity index (χ1) is 25.1. The van der Waals surface area contributed by atoms with Gasteiger partial charge in [-0.25, -0.2) is 4.79 Å². The summed E-state index contributed by atoms with van der Waals surface area (Å²) in [4.78, 5) is 67.1. The van der Waals surface area contributed by atoms with Crippen molar-refractivity contribution in [2.45, 2.75) is 22.2 Å². The molecule has 0 spiro atoms. The molecule has 1 fully saturated rings. The van der Waals surface area contributed by atoms with E-state index < -0.39 is 57.9 Å². The molecule has 3 aliphatic carbocycles. The van der Waals surface area contributed by atoms with E-state index in [-0.39, 0.29) is 17.8 Å². The van der Waals surface area contributed by atoms with Gasteiger partial charge in [0.1, 0.15) is 15.8 Å². The number of esters is 1. The number of nitrogens with zero attached hydrogens (tertiary/aromatic N) is 1. The zero-order valence-corrected chi connectivity index (χ0v) is 29.0. The zero-order chi connectivity index (χ0) is 36.2. The van der Waals surface area contributed by atoms with E-state index in [4.69, 9.17) is 27.9 Å². The molecular weight excluding hydrogens is 699 g/mol. The largest absolute Gasteiger partial charge is 0.454 e. The summed E-state index contributed by atoms with van der Waals surface area (Å²) in [6.45, 7) is -0.425. The molecule has 1 saturated heterocycles. The third-order valence-corrected chi connectivity index (χ3v) is 11.6. The molecule has 258 valence electrons. The van der Waals surface area contributed by atoms with Crippen molar-refractivity contribution >= 4 is 58.4 Å². The summed E-state index contributed by atoms with van der Waals surface area (Å²) >= 11 is 15.2. The van der Waals surface area contributed by atoms with E-state index in [9.17, 15) is 24.0 Å². The van der Waals surface area contributed by atoms with Crippen molar-refractivity contribution in [2.75, 3.05) is 11.9 Å². The van der Waals surface area contributed by atoms with Gasteiger partial charge in [-0.15, -0.1) is 23.2 Å². The number of Topliss-reactive ketones (excluding diaryl/α,β-unsaturated/α-hetero) is 1. The molecule has 0 saturated carbocycles. The predicted molar refractivity (Wildman–Crippen MR) is 195 cm³/mol. The average molecular weight is 730 g/mol. The van der Waals surface area contributed by atoms with Gasteiger partial charge in [0.15, 0.2) is 12.4 Å². The molecule has 10 heteroatoms. The van der Waals surface area contributed by atoms with Crippen LogP contribution < -0.4 is 5.32 Å². The second-order valence-corrected chi connectivity index (χ2v) is 14.3. The number of hydrogen-bond donors (Lipinski definition) is 1. The molecule has 8 nitrogen and oxygen atoms in total. The number of amides is 3. The Morgan fingerprint density at radius 1 is 0.635 bits per heavy atom. The molecular formula is C42H30Cl2N2O6. The highest BCUT2D eigenvalue weighted by molar-refractivity contribution is 6.36. The fraction of sp³-hybridized carbons (Fsp3) is 0.167. The van der Waals surface area contributed by atoms with E-state index in [1.54, 1.807) is 30.3 Å². The van der Waals surface area contributed by atoms with Crippen molar-refractivity contribution in [2.24, 2.45) is 11.8 Å². The average Bonchev–Trinajstić information content (AvgIpc) is 3.46. The van der Waals surface area contributed by atoms with Gasteiger partial charge in [0.25, 0.3) is 0 Å². The molecule has 3 amide bonds. The second-order valence-electron chi connectivity index (χ2n) is 13.2. The molecule has 1 aliphatic heterocycles. The maximum absolute atomic E-state index is 14.7. The van der Waals surface area contributed by atoms with E-state index in [0.717, 1.165) is 10.5 Å². The Hall–Kier alpha value is -5.57. The molecule has 3 atom stereocenters. The van der Waals surface area contributed by atoms with Gasteiger partial charge in [0.05, 0.1) is 17.4 Å². The van der Waals surface area contributed by atoms with Gasteiger partial charge in [-0.1, -0.05) is 109 Å². The second kappa shape index (κ2) is 12.9. The number of ketones is 1. The summed E-state index contributed by atoms with van der Waals surface area (Å²) in [5.41, 5.74) is 4.32. The first-order valence-electron chi connectivity index (χ1n) is 16.8. The highest BCUT2D eigenvalue weighted by Crippen LogP contribution is 2.69. The summed E-state index contributed by atoms with van der Waals surface area (Å²) in [5.74, 6) is -4.92. The Kier molecular flexibility index (Phi) is 8.32. The predicted octanol–water partition coefficient (Wildman–Crippen LogP) is 6.87. The number of ether oxygens (including phenoxy) is 1. The lowest BCUT2D eigenvalue weighted by Crippen LogP contribution is -2.57. The first kappa shape index (κ1) is 33.6. The van der Waals surface area contributed by atoms with Crippen LogP contribution in [0.4, 0.5) is 5.69 Å². The van der Waals surface area contributed by atoms with Gasteiger partial charge in [-0.05, 0) is 52.1 Å². The van der Waals surface area contributed by atoms with E-state index >= 15 is 0 Å². The number of halogens is 2. The Morgan fingerprint density at radius 2 is 1.10 bits per heavy atom. The maximum Gasteiger partial charge on any atom is 0.338 e. The van der Waals surface area contributed by atoms with Gasteiger partial charge >= 0.3 is 5.97 Å². The van der Waals surface area contributed by atoms with Gasteiger partial charge in [0, 0.05) is 17.7 Å². The third kappa shape index (κ3) is 5.16. The van der Waals surface area contributed by atoms with Crippen molar-refractivity contribution in [1.82, 2.24) is 4.90 Å². The van der Waals surface area contributed by atoms with Crippen molar-refractivity contribution in [3.05, 3.63) is 172 Å². The molecule has 9 rings (SSSR count). The zero-order valence-electron chi connectivity index (χ0n) is 27.5. The minimum absolute atomic E-state index is 0.0356. The number of hydrogen-bond acceptors (Lipinski definition) is 6. The van der Waals surface area contributed by atoms with Crippen LogP contribution in [0.15, 0.2) is 133 Å². The number of carbonyl (C=O) groups excluding carboxylic acids is 5. The van der Waals surface area contributed by atoms with E-state index in [2.05, 4.69) is 5.32 Å². The smallest absolute Gasteiger partial charge is 0.338 e. The first-order valence-corrected chi connectivity index (χ1v) is 17.5. The summed E-state index contributed by atoms with van der Waals surface area (Å²) in [6.07, 6.45) is 0.0356. The van der Waals surface area contributed by atoms with Crippen molar-refractivity contribution in [3.63, 3.8) is 0 Å². The van der Waals surface area contributed by atoms with Gasteiger partial charge < -0.3 is 10.1 Å². The van der Waals surface area contributed by atoms with Crippen LogP contribution >= 0.6 is 23.2 Å². The van der Waals surface area contributed by atoms with Gasteiger partial charge in [-0.2, -0.15) is 0 Å². The van der Waals surface area contributed by atoms with Crippen LogP contribution in [0.2, 0.25) is 0 Å². The van der Waals surface area contributed by atoms with Crippen molar-refractivity contribution < 1.29 is 28.7 Å². The normalized spacial score (nSPS) is 22.9. The summed E-state index contributed by atoms with van der Waals surface area (Å²) in [6, 6.07) is 37.0. The maximum atomic E-state index is 14.7. The quantitative estimate of drug-likeness (QED) is 0.0768. The lowest BCUT2D eigenvalue weighted by molar-refractivity contribution is -0.146. The molecule has 1 N–H and O–H groups in total. The van der Waals surface area contributed by atoms with Crippen LogP contribution in [0.5, 0.6) is 0 Å². The Balaban J connectivity index is 1.08. The monoisotopic (exact) mass is 728 g/mol. The number of likely N-dealkylation sites (tertiary alicyclic amines) is 1. The Morgan fingerprint density at radius 3 is 1.60 bits per heavy atom. The highest BCUT2D eigenvalue weighted by Gasteiger charge is 2.73. The number of carbonyl (C=O) groups is 5. The lowest BCUT2D eigenvalue weighted by atomic mass is 9.54. The number of anilines is 1. The lowest BCUT2D eigenvalue weighted by Gasteiger charge is -2.54. The molecule has 5 aromatic rings. The van der Waals surface area contributed by atoms with Crippen LogP contribution in [0.25, 0.3) is 0 Å². The van der Waals surface area contributed by atoms with Crippen LogP contribution in [-0.4, -0.2) is 47.0 Å². The highest BCUT2D eigenvalue weighted by atomic mass is 35.5. The molecule has 5 aromatic carbocycles. The fourth-order valence-corrected chi connectivity index (χ4v) is 9.07. The summed E-state index contributed by atoms with van der Waals surface area (Å²) in [7, 11) is 0. The number of imide groups is 1. The molecule has 0 aromatic heterocycles. The molecule has 0 unspecified atom stereocenters. The van der Waals surface area contributed by atoms with E-state index in [1.165, 1.54) is 24.3 Å². The third-order valence-electron chi connectivity index (χ3n) is 10.3. The summed E-state index contributed by atoms with van der Waals surface area (Å²) in [5, 5.41) is 2.83. The molecule has 2 bridgehead atoms. The number of benzene rings is 5. The molecule has 1 heterocycles. The van der Waals surface area contributed by atoms with Gasteiger partial charge in [-0.3, -0.25) is 24.1 Å². The SMILES string of the molecule is O=C(COC(=O)c1ccc(NC(=O)[C@@H](Cc2ccccc2)N2C(=O)[C@@H]3[C@H](C2=O)C2(Cl)c4ccccc4C3(Cl)c3ccccc32)cc1)c1ccccc1. The van der Waals surface area contributed by atoms with Crippen LogP contribution in [-0.2, 0) is 35.3 Å². The van der Waals surface area contributed by atoms with E-state index in [1.807, 2.05) is 78.9 Å². The van der Waals surface area contributed by atoms with Crippen LogP contribution in [0.3, 0.4) is 0 Å². The standard InChI is InChI=1S/C42H30Cl2N2O6/c43-41-29-15-7-8-16-30(29)42(44,32-18-10-9-17-31(32)41)36-35(41)38(49)46(39(36)50)33(23-25-11-3-1-4-12-25)37(48)45-28-21-19-27(20-22-28)40(51)52-24-34(47)26-13-5-2-6-14-26/h1-22,33,35-36H,23-24H2,(H,45,48)/t33-,35-,36+,41?,42?/m1/s1. The van der Waals surface area contributed by atoms with Crippen molar-refractivity contribution in [1.29, 1.82) is 0 Å². The fourth-order valence-electron chi connectivity index (χ4n) is 7.97. The number of rotatable bonds is 9.